The van der Waals surface area contributed by atoms with Gasteiger partial charge in [-0.15, -0.1) is 0 Å². The Morgan fingerprint density at radius 3 is 2.89 bits per heavy atom. The van der Waals surface area contributed by atoms with Gasteiger partial charge in [0.2, 0.25) is 5.75 Å². The van der Waals surface area contributed by atoms with Crippen LogP contribution < -0.4 is 15.8 Å². The second kappa shape index (κ2) is 5.05. The average Bonchev–Trinajstić information content (AvgIpc) is 2.34. The first-order valence-corrected chi connectivity index (χ1v) is 5.36. The third-order valence-corrected chi connectivity index (χ3v) is 2.55. The number of aromatic nitrogens is 2. The molecule has 0 aliphatic rings. The number of ether oxygens (including phenoxy) is 1. The number of nitrogens with two attached hydrogens (primary N) is 1. The summed E-state index contributed by atoms with van der Waals surface area (Å²) in [5.41, 5.74) is 6.00. The summed E-state index contributed by atoms with van der Waals surface area (Å²) < 4.78 is 18.2. The predicted molar refractivity (Wildman–Crippen MR) is 67.7 cm³/mol. The van der Waals surface area contributed by atoms with Gasteiger partial charge in [-0.05, 0) is 18.2 Å². The topological polar surface area (TPSA) is 73.1 Å². The van der Waals surface area contributed by atoms with Gasteiger partial charge in [0.25, 0.3) is 0 Å². The van der Waals surface area contributed by atoms with Gasteiger partial charge in [0, 0.05) is 0 Å². The monoisotopic (exact) mass is 268 g/mol. The van der Waals surface area contributed by atoms with Gasteiger partial charge in [0.05, 0.1) is 17.8 Å². The Morgan fingerprint density at radius 1 is 1.39 bits per heavy atom. The highest BCUT2D eigenvalue weighted by Crippen LogP contribution is 2.32. The Labute approximate surface area is 108 Å². The number of anilines is 3. The van der Waals surface area contributed by atoms with Crippen molar-refractivity contribution >= 4 is 28.9 Å². The number of nitrogen functional groups attached to an aromatic ring is 1. The smallest absolute Gasteiger partial charge is 0.204 e. The molecule has 0 amide bonds. The van der Waals surface area contributed by atoms with Crippen LogP contribution in [0.4, 0.5) is 21.7 Å². The van der Waals surface area contributed by atoms with E-state index in [0.29, 0.717) is 16.5 Å². The molecule has 18 heavy (non-hydrogen) atoms. The van der Waals surface area contributed by atoms with Gasteiger partial charge in [-0.3, -0.25) is 0 Å². The molecule has 2 aromatic rings. The van der Waals surface area contributed by atoms with E-state index < -0.39 is 5.82 Å². The van der Waals surface area contributed by atoms with Crippen LogP contribution in [0.1, 0.15) is 0 Å². The van der Waals surface area contributed by atoms with Crippen molar-refractivity contribution in [2.24, 2.45) is 0 Å². The van der Waals surface area contributed by atoms with Crippen LogP contribution in [-0.2, 0) is 0 Å². The van der Waals surface area contributed by atoms with Crippen molar-refractivity contribution in [1.29, 1.82) is 0 Å². The molecule has 0 saturated heterocycles. The zero-order valence-electron chi connectivity index (χ0n) is 9.45. The molecule has 0 fully saturated rings. The summed E-state index contributed by atoms with van der Waals surface area (Å²) >= 11 is 5.94. The first-order valence-electron chi connectivity index (χ1n) is 4.98. The van der Waals surface area contributed by atoms with Gasteiger partial charge in [-0.1, -0.05) is 11.6 Å². The van der Waals surface area contributed by atoms with Crippen molar-refractivity contribution in [3.05, 3.63) is 35.4 Å². The van der Waals surface area contributed by atoms with Gasteiger partial charge in [0.15, 0.2) is 11.6 Å². The van der Waals surface area contributed by atoms with Crippen LogP contribution in [0.5, 0.6) is 5.75 Å². The van der Waals surface area contributed by atoms with E-state index in [2.05, 4.69) is 15.3 Å². The Hall–Kier alpha value is -2.08. The van der Waals surface area contributed by atoms with E-state index in [1.807, 2.05) is 0 Å². The standard InChI is InChI=1S/C11H10ClFN4O/c1-18-9-10(14)15-5-16-11(9)17-8-4-6(13)2-3-7(8)12/h2-5H,1H3,(H3,14,15,16,17). The second-order valence-corrected chi connectivity index (χ2v) is 3.80. The van der Waals surface area contributed by atoms with Gasteiger partial charge in [-0.25, -0.2) is 14.4 Å². The van der Waals surface area contributed by atoms with E-state index in [1.165, 1.54) is 31.6 Å². The number of methoxy groups -OCH3 is 1. The number of rotatable bonds is 3. The lowest BCUT2D eigenvalue weighted by Crippen LogP contribution is -2.03. The van der Waals surface area contributed by atoms with Gasteiger partial charge in [0.1, 0.15) is 12.1 Å². The quantitative estimate of drug-likeness (QED) is 0.895. The summed E-state index contributed by atoms with van der Waals surface area (Å²) in [7, 11) is 1.44. The van der Waals surface area contributed by atoms with E-state index >= 15 is 0 Å². The summed E-state index contributed by atoms with van der Waals surface area (Å²) in [5, 5.41) is 3.20. The molecular formula is C11H10ClFN4O. The lowest BCUT2D eigenvalue weighted by molar-refractivity contribution is 0.415. The van der Waals surface area contributed by atoms with Crippen LogP contribution in [0, 0.1) is 5.82 Å². The molecule has 5 nitrogen and oxygen atoms in total. The molecule has 3 N–H and O–H groups in total. The highest BCUT2D eigenvalue weighted by Gasteiger charge is 2.11. The highest BCUT2D eigenvalue weighted by atomic mass is 35.5. The van der Waals surface area contributed by atoms with Crippen molar-refractivity contribution in [1.82, 2.24) is 9.97 Å². The van der Waals surface area contributed by atoms with Crippen LogP contribution >= 0.6 is 11.6 Å². The minimum Gasteiger partial charge on any atom is -0.490 e. The van der Waals surface area contributed by atoms with E-state index in [9.17, 15) is 4.39 Å². The molecule has 1 aromatic heterocycles. The number of hydrogen-bond donors (Lipinski definition) is 2. The van der Waals surface area contributed by atoms with Gasteiger partial charge < -0.3 is 15.8 Å². The van der Waals surface area contributed by atoms with Crippen LogP contribution in [0.3, 0.4) is 0 Å². The third-order valence-electron chi connectivity index (χ3n) is 2.22. The highest BCUT2D eigenvalue weighted by molar-refractivity contribution is 6.33. The largest absolute Gasteiger partial charge is 0.490 e. The number of benzene rings is 1. The maximum Gasteiger partial charge on any atom is 0.204 e. The van der Waals surface area contributed by atoms with Crippen LogP contribution in [0.2, 0.25) is 5.02 Å². The van der Waals surface area contributed by atoms with Crippen molar-refractivity contribution in [2.45, 2.75) is 0 Å². The Morgan fingerprint density at radius 2 is 2.17 bits per heavy atom. The molecule has 0 radical (unpaired) electrons. The SMILES string of the molecule is COc1c(N)ncnc1Nc1cc(F)ccc1Cl. The molecule has 0 aliphatic heterocycles. The van der Waals surface area contributed by atoms with Crippen molar-refractivity contribution in [3.8, 4) is 5.75 Å². The van der Waals surface area contributed by atoms with E-state index in [4.69, 9.17) is 22.1 Å². The average molecular weight is 269 g/mol. The van der Waals surface area contributed by atoms with Crippen LogP contribution in [-0.4, -0.2) is 17.1 Å². The molecule has 0 saturated carbocycles. The molecule has 7 heteroatoms. The van der Waals surface area contributed by atoms with Gasteiger partial charge >= 0.3 is 0 Å². The molecule has 0 bridgehead atoms. The molecule has 0 atom stereocenters. The molecule has 0 unspecified atom stereocenters. The van der Waals surface area contributed by atoms with Gasteiger partial charge in [-0.2, -0.15) is 0 Å². The number of halogens is 2. The van der Waals surface area contributed by atoms with Crippen LogP contribution in [0.25, 0.3) is 0 Å². The fraction of sp³-hybridized carbons (Fsp3) is 0.0909. The number of hydrogen-bond acceptors (Lipinski definition) is 5. The fourth-order valence-corrected chi connectivity index (χ4v) is 1.56. The Bertz CT molecular complexity index is 579. The fourth-order valence-electron chi connectivity index (χ4n) is 1.40. The van der Waals surface area contributed by atoms with E-state index in [1.54, 1.807) is 0 Å². The van der Waals surface area contributed by atoms with E-state index in [0.717, 1.165) is 0 Å². The molecule has 94 valence electrons. The maximum atomic E-state index is 13.1. The molecule has 1 aromatic carbocycles. The molecule has 0 aliphatic carbocycles. The first-order chi connectivity index (χ1) is 8.61. The zero-order chi connectivity index (χ0) is 13.1. The Kier molecular flexibility index (Phi) is 3.47. The molecular weight excluding hydrogens is 259 g/mol. The minimum atomic E-state index is -0.414. The lowest BCUT2D eigenvalue weighted by Gasteiger charge is -2.12. The number of nitrogens with one attached hydrogen (secondary N) is 1. The zero-order valence-corrected chi connectivity index (χ0v) is 10.2. The third kappa shape index (κ3) is 2.43. The summed E-state index contributed by atoms with van der Waals surface area (Å²) in [6.45, 7) is 0. The summed E-state index contributed by atoms with van der Waals surface area (Å²) in [4.78, 5) is 7.75. The van der Waals surface area contributed by atoms with E-state index in [-0.39, 0.29) is 11.6 Å². The van der Waals surface area contributed by atoms with Crippen molar-refractivity contribution in [2.75, 3.05) is 18.2 Å². The molecule has 1 heterocycles. The maximum absolute atomic E-state index is 13.1. The minimum absolute atomic E-state index is 0.183. The second-order valence-electron chi connectivity index (χ2n) is 3.39. The predicted octanol–water partition coefficient (Wildman–Crippen LogP) is 2.60. The summed E-state index contributed by atoms with van der Waals surface area (Å²) in [6.07, 6.45) is 1.27. The summed E-state index contributed by atoms with van der Waals surface area (Å²) in [5.74, 6) is 0.362. The first kappa shape index (κ1) is 12.4. The Balaban J connectivity index is 2.40. The van der Waals surface area contributed by atoms with Crippen LogP contribution in [0.15, 0.2) is 24.5 Å². The van der Waals surface area contributed by atoms with Crippen molar-refractivity contribution in [3.63, 3.8) is 0 Å². The molecule has 2 rings (SSSR count). The molecule has 0 spiro atoms. The number of nitrogens with zero attached hydrogens (tertiary/aromatic N) is 2. The summed E-state index contributed by atoms with van der Waals surface area (Å²) in [6, 6.07) is 3.95. The lowest BCUT2D eigenvalue weighted by atomic mass is 10.3. The van der Waals surface area contributed by atoms with Crippen molar-refractivity contribution < 1.29 is 9.13 Å². The normalized spacial score (nSPS) is 10.2.